The summed E-state index contributed by atoms with van der Waals surface area (Å²) in [4.78, 5) is 24.4. The molecule has 2 rings (SSSR count). The number of carboxylic acids is 1. The van der Waals surface area contributed by atoms with Crippen molar-refractivity contribution in [1.82, 2.24) is 4.90 Å². The fourth-order valence-electron chi connectivity index (χ4n) is 2.19. The number of carbonyl (C=O) groups excluding carboxylic acids is 1. The number of hydrogen-bond acceptors (Lipinski definition) is 4. The number of rotatable bonds is 4. The minimum atomic E-state index is -1.75. The third-order valence-electron chi connectivity index (χ3n) is 3.54. The van der Waals surface area contributed by atoms with Gasteiger partial charge < -0.3 is 19.8 Å². The minimum absolute atomic E-state index is 0.00291. The molecular weight excluding hydrogens is 333 g/mol. The molecule has 0 saturated carbocycles. The van der Waals surface area contributed by atoms with Crippen molar-refractivity contribution in [2.45, 2.75) is 18.4 Å². The summed E-state index contributed by atoms with van der Waals surface area (Å²) >= 11 is 11.7. The predicted molar refractivity (Wildman–Crippen MR) is 80.4 cm³/mol. The molecule has 1 heterocycles. The van der Waals surface area contributed by atoms with Crippen LogP contribution in [0, 0.1) is 0 Å². The summed E-state index contributed by atoms with van der Waals surface area (Å²) in [6.45, 7) is 0.130. The smallest absolute Gasteiger partial charge is 0.335 e. The molecule has 1 aliphatic rings. The quantitative estimate of drug-likeness (QED) is 0.867. The maximum atomic E-state index is 12.0. The van der Waals surface area contributed by atoms with Crippen molar-refractivity contribution in [1.29, 1.82) is 0 Å². The van der Waals surface area contributed by atoms with Crippen LogP contribution in [0.15, 0.2) is 18.2 Å². The van der Waals surface area contributed by atoms with Crippen LogP contribution in [-0.2, 0) is 9.59 Å². The first-order valence-corrected chi connectivity index (χ1v) is 7.38. The Morgan fingerprint density at radius 1 is 1.18 bits per heavy atom. The fourth-order valence-corrected chi connectivity index (χ4v) is 2.69. The van der Waals surface area contributed by atoms with Crippen LogP contribution >= 0.6 is 23.2 Å². The van der Waals surface area contributed by atoms with Crippen LogP contribution in [0.3, 0.4) is 0 Å². The Hall–Kier alpha value is -1.50. The lowest BCUT2D eigenvalue weighted by Gasteiger charge is -2.35. The van der Waals surface area contributed by atoms with Crippen LogP contribution in [-0.4, -0.2) is 52.3 Å². The Bertz CT molecular complexity index is 564. The van der Waals surface area contributed by atoms with Crippen LogP contribution in [0.4, 0.5) is 0 Å². The number of hydrogen-bond donors (Lipinski definition) is 2. The number of amides is 1. The molecule has 1 aliphatic heterocycles. The molecule has 1 saturated heterocycles. The second-order valence-electron chi connectivity index (χ2n) is 5.11. The highest BCUT2D eigenvalue weighted by Gasteiger charge is 2.40. The SMILES string of the molecule is O=C(COc1cc(Cl)cc(Cl)c1)N1CCC(O)(C(=O)O)CC1. The summed E-state index contributed by atoms with van der Waals surface area (Å²) in [5.74, 6) is -1.17. The topological polar surface area (TPSA) is 87.1 Å². The third-order valence-corrected chi connectivity index (χ3v) is 3.98. The number of likely N-dealkylation sites (tertiary alicyclic amines) is 1. The van der Waals surface area contributed by atoms with Gasteiger partial charge in [-0.25, -0.2) is 4.79 Å². The molecule has 1 aromatic rings. The molecule has 6 nitrogen and oxygen atoms in total. The number of carbonyl (C=O) groups is 2. The van der Waals surface area contributed by atoms with Gasteiger partial charge in [-0.15, -0.1) is 0 Å². The van der Waals surface area contributed by atoms with Gasteiger partial charge in [-0.2, -0.15) is 0 Å². The van der Waals surface area contributed by atoms with Gasteiger partial charge in [-0.1, -0.05) is 23.2 Å². The lowest BCUT2D eigenvalue weighted by Crippen LogP contribution is -2.51. The summed E-state index contributed by atoms with van der Waals surface area (Å²) in [5.41, 5.74) is -1.75. The van der Waals surface area contributed by atoms with Crippen molar-refractivity contribution in [2.75, 3.05) is 19.7 Å². The number of ether oxygens (including phenoxy) is 1. The zero-order valence-electron chi connectivity index (χ0n) is 11.6. The maximum absolute atomic E-state index is 12.0. The lowest BCUT2D eigenvalue weighted by atomic mass is 9.92. The molecule has 0 aliphatic carbocycles. The first-order valence-electron chi connectivity index (χ1n) is 6.62. The Morgan fingerprint density at radius 3 is 2.23 bits per heavy atom. The largest absolute Gasteiger partial charge is 0.484 e. The van der Waals surface area contributed by atoms with Crippen LogP contribution in [0.1, 0.15) is 12.8 Å². The average molecular weight is 348 g/mol. The van der Waals surface area contributed by atoms with E-state index >= 15 is 0 Å². The van der Waals surface area contributed by atoms with Gasteiger partial charge >= 0.3 is 5.97 Å². The number of carboxylic acid groups (broad SMARTS) is 1. The number of aliphatic hydroxyl groups is 1. The van der Waals surface area contributed by atoms with Gasteiger partial charge in [-0.3, -0.25) is 4.79 Å². The number of aliphatic carboxylic acids is 1. The average Bonchev–Trinajstić information content (AvgIpc) is 2.44. The third kappa shape index (κ3) is 4.03. The van der Waals surface area contributed by atoms with Crippen LogP contribution in [0.5, 0.6) is 5.75 Å². The number of halogens is 2. The van der Waals surface area contributed by atoms with Crippen molar-refractivity contribution < 1.29 is 24.5 Å². The second-order valence-corrected chi connectivity index (χ2v) is 5.98. The second kappa shape index (κ2) is 6.73. The Labute approximate surface area is 137 Å². The molecule has 1 aromatic carbocycles. The van der Waals surface area contributed by atoms with Gasteiger partial charge in [0.1, 0.15) is 5.75 Å². The predicted octanol–water partition coefficient (Wildman–Crippen LogP) is 1.81. The van der Waals surface area contributed by atoms with Gasteiger partial charge in [0.15, 0.2) is 12.2 Å². The molecule has 0 radical (unpaired) electrons. The molecule has 1 amide bonds. The van der Waals surface area contributed by atoms with Gasteiger partial charge in [0.05, 0.1) is 0 Å². The summed E-state index contributed by atoms with van der Waals surface area (Å²) in [6, 6.07) is 4.63. The first-order chi connectivity index (χ1) is 10.3. The standard InChI is InChI=1S/C14H15Cl2NO5/c15-9-5-10(16)7-11(6-9)22-8-12(18)17-3-1-14(21,2-4-17)13(19)20/h5-7,21H,1-4,8H2,(H,19,20). The van der Waals surface area contributed by atoms with E-state index in [0.29, 0.717) is 15.8 Å². The van der Waals surface area contributed by atoms with Gasteiger partial charge in [0.2, 0.25) is 0 Å². The number of nitrogens with zero attached hydrogens (tertiary/aromatic N) is 1. The first kappa shape index (κ1) is 16.9. The molecule has 120 valence electrons. The molecule has 0 atom stereocenters. The van der Waals surface area contributed by atoms with E-state index in [9.17, 15) is 14.7 Å². The Balaban J connectivity index is 1.87. The molecule has 0 aromatic heterocycles. The van der Waals surface area contributed by atoms with E-state index in [1.807, 2.05) is 0 Å². The van der Waals surface area contributed by atoms with Crippen LogP contribution < -0.4 is 4.74 Å². The number of benzene rings is 1. The summed E-state index contributed by atoms with van der Waals surface area (Å²) in [7, 11) is 0. The van der Waals surface area contributed by atoms with Crippen molar-refractivity contribution in [3.8, 4) is 5.75 Å². The minimum Gasteiger partial charge on any atom is -0.484 e. The molecule has 1 fully saturated rings. The van der Waals surface area contributed by atoms with E-state index in [1.54, 1.807) is 18.2 Å². The monoisotopic (exact) mass is 347 g/mol. The van der Waals surface area contributed by atoms with Gasteiger partial charge in [0, 0.05) is 36.0 Å². The van der Waals surface area contributed by atoms with E-state index in [0.717, 1.165) is 0 Å². The van der Waals surface area contributed by atoms with Crippen molar-refractivity contribution >= 4 is 35.1 Å². The van der Waals surface area contributed by atoms with E-state index < -0.39 is 11.6 Å². The maximum Gasteiger partial charge on any atom is 0.335 e. The van der Waals surface area contributed by atoms with Gasteiger partial charge in [-0.05, 0) is 18.2 Å². The normalized spacial score (nSPS) is 17.1. The van der Waals surface area contributed by atoms with Crippen LogP contribution in [0.25, 0.3) is 0 Å². The molecule has 0 spiro atoms. The molecule has 8 heteroatoms. The van der Waals surface area contributed by atoms with Crippen LogP contribution in [0.2, 0.25) is 10.0 Å². The zero-order chi connectivity index (χ0) is 16.3. The summed E-state index contributed by atoms with van der Waals surface area (Å²) in [5, 5.41) is 19.5. The molecule has 2 N–H and O–H groups in total. The number of piperidine rings is 1. The molecule has 0 unspecified atom stereocenters. The fraction of sp³-hybridized carbons (Fsp3) is 0.429. The zero-order valence-corrected chi connectivity index (χ0v) is 13.1. The highest BCUT2D eigenvalue weighted by Crippen LogP contribution is 2.25. The highest BCUT2D eigenvalue weighted by molar-refractivity contribution is 6.34. The van der Waals surface area contributed by atoms with Crippen molar-refractivity contribution in [3.63, 3.8) is 0 Å². The van der Waals surface area contributed by atoms with Gasteiger partial charge in [0.25, 0.3) is 5.91 Å². The summed E-state index contributed by atoms with van der Waals surface area (Å²) in [6.07, 6.45) is -0.00582. The molecular formula is C14H15Cl2NO5. The molecule has 0 bridgehead atoms. The highest BCUT2D eigenvalue weighted by atomic mass is 35.5. The van der Waals surface area contributed by atoms with E-state index in [-0.39, 0.29) is 38.4 Å². The van der Waals surface area contributed by atoms with Crippen molar-refractivity contribution in [3.05, 3.63) is 28.2 Å². The summed E-state index contributed by atoms with van der Waals surface area (Å²) < 4.78 is 5.34. The van der Waals surface area contributed by atoms with E-state index in [2.05, 4.69) is 0 Å². The molecule has 22 heavy (non-hydrogen) atoms. The van der Waals surface area contributed by atoms with Crippen molar-refractivity contribution in [2.24, 2.45) is 0 Å². The Kier molecular flexibility index (Phi) is 5.16. The van der Waals surface area contributed by atoms with E-state index in [1.165, 1.54) is 4.90 Å². The lowest BCUT2D eigenvalue weighted by molar-refractivity contribution is -0.165. The van der Waals surface area contributed by atoms with E-state index in [4.69, 9.17) is 33.0 Å². The Morgan fingerprint density at radius 2 is 1.73 bits per heavy atom.